The number of nitrogens with zero attached hydrogens (tertiary/aromatic N) is 1. The molecule has 3 heteroatoms. The fraction of sp³-hybridized carbons (Fsp3) is 0.714. The van der Waals surface area contributed by atoms with Gasteiger partial charge in [-0.25, -0.2) is 6.57 Å². The van der Waals surface area contributed by atoms with E-state index in [0.717, 1.165) is 0 Å². The summed E-state index contributed by atoms with van der Waals surface area (Å²) in [6, 6.07) is 0. The quantitative estimate of drug-likeness (QED) is 0.335. The fourth-order valence-electron chi connectivity index (χ4n) is 0.413. The molecule has 0 bridgehead atoms. The zero-order chi connectivity index (χ0) is 8.04. The predicted octanol–water partition coefficient (Wildman–Crippen LogP) is 1.25. The molecule has 0 spiro atoms. The Morgan fingerprint density at radius 3 is 2.70 bits per heavy atom. The minimum atomic E-state index is -0.400. The van der Waals surface area contributed by atoms with Crippen molar-refractivity contribution in [3.63, 3.8) is 0 Å². The van der Waals surface area contributed by atoms with Crippen molar-refractivity contribution in [2.24, 2.45) is 0 Å². The summed E-state index contributed by atoms with van der Waals surface area (Å²) in [7, 11) is 0. The van der Waals surface area contributed by atoms with E-state index in [0.29, 0.717) is 19.5 Å². The summed E-state index contributed by atoms with van der Waals surface area (Å²) in [6.45, 7) is 11.1. The van der Waals surface area contributed by atoms with Gasteiger partial charge in [-0.3, -0.25) is 4.79 Å². The van der Waals surface area contributed by atoms with E-state index in [2.05, 4.69) is 9.58 Å². The molecule has 0 saturated heterocycles. The first-order valence-corrected chi connectivity index (χ1v) is 3.06. The van der Waals surface area contributed by atoms with Crippen molar-refractivity contribution in [3.05, 3.63) is 11.4 Å². The zero-order valence-corrected chi connectivity index (χ0v) is 6.26. The van der Waals surface area contributed by atoms with Crippen molar-refractivity contribution in [1.82, 2.24) is 0 Å². The van der Waals surface area contributed by atoms with E-state index in [1.807, 2.05) is 13.8 Å². The second-order valence-electron chi connectivity index (χ2n) is 2.64. The van der Waals surface area contributed by atoms with Crippen molar-refractivity contribution < 1.29 is 9.53 Å². The van der Waals surface area contributed by atoms with Crippen LogP contribution in [0.5, 0.6) is 0 Å². The Labute approximate surface area is 60.8 Å². The number of ether oxygens (including phenoxy) is 1. The van der Waals surface area contributed by atoms with E-state index in [-0.39, 0.29) is 0 Å². The van der Waals surface area contributed by atoms with Crippen LogP contribution >= 0.6 is 0 Å². The van der Waals surface area contributed by atoms with Gasteiger partial charge in [0.15, 0.2) is 0 Å². The number of carbonyl (C=O) groups excluding carboxylic acids is 1. The molecule has 0 unspecified atom stereocenters. The predicted molar refractivity (Wildman–Crippen MR) is 37.3 cm³/mol. The molecule has 0 rings (SSSR count). The van der Waals surface area contributed by atoms with Gasteiger partial charge in [0.2, 0.25) is 5.54 Å². The largest absolute Gasteiger partial charge is 0.468 e. The Hall–Kier alpha value is -1.04. The third kappa shape index (κ3) is 3.90. The molecule has 0 fully saturated rings. The Morgan fingerprint density at radius 2 is 2.30 bits per heavy atom. The van der Waals surface area contributed by atoms with Gasteiger partial charge in [-0.1, -0.05) is 0 Å². The summed E-state index contributed by atoms with van der Waals surface area (Å²) in [6.07, 6.45) is 0.592. The van der Waals surface area contributed by atoms with Crippen LogP contribution in [0.1, 0.15) is 20.3 Å². The first kappa shape index (κ1) is 8.96. The smallest absolute Gasteiger partial charge is 0.293 e. The van der Waals surface area contributed by atoms with Gasteiger partial charge in [0.1, 0.15) is 0 Å². The zero-order valence-electron chi connectivity index (χ0n) is 6.26. The first-order chi connectivity index (χ1) is 4.62. The molecule has 0 amide bonds. The summed E-state index contributed by atoms with van der Waals surface area (Å²) in [5, 5.41) is 0. The van der Waals surface area contributed by atoms with Crippen LogP contribution in [0.4, 0.5) is 0 Å². The minimum absolute atomic E-state index is 0.332. The molecule has 0 radical (unpaired) electrons. The molecular weight excluding hydrogens is 130 g/mol. The number of carbonyl (C=O) groups is 1. The van der Waals surface area contributed by atoms with Crippen molar-refractivity contribution in [2.75, 3.05) is 6.61 Å². The summed E-state index contributed by atoms with van der Waals surface area (Å²) in [5.74, 6) is 0. The van der Waals surface area contributed by atoms with Crippen LogP contribution in [0, 0.1) is 6.57 Å². The summed E-state index contributed by atoms with van der Waals surface area (Å²) < 4.78 is 4.45. The van der Waals surface area contributed by atoms with Crippen LogP contribution in [-0.4, -0.2) is 18.6 Å². The molecule has 0 saturated carbocycles. The molecule has 0 aromatic rings. The first-order valence-electron chi connectivity index (χ1n) is 3.06. The average molecular weight is 141 g/mol. The van der Waals surface area contributed by atoms with E-state index in [9.17, 15) is 4.79 Å². The second-order valence-corrected chi connectivity index (χ2v) is 2.64. The van der Waals surface area contributed by atoms with Crippen molar-refractivity contribution in [1.29, 1.82) is 0 Å². The standard InChI is InChI=1S/C7H11NO2/c1-7(2,8-3)4-5-10-6-9/h6H,4-5H2,1-2H3. The highest BCUT2D eigenvalue weighted by Crippen LogP contribution is 2.12. The van der Waals surface area contributed by atoms with Crippen LogP contribution < -0.4 is 0 Å². The molecule has 0 aliphatic heterocycles. The highest BCUT2D eigenvalue weighted by molar-refractivity contribution is 5.36. The highest BCUT2D eigenvalue weighted by Gasteiger charge is 2.21. The van der Waals surface area contributed by atoms with Crippen molar-refractivity contribution >= 4 is 6.47 Å². The lowest BCUT2D eigenvalue weighted by Gasteiger charge is -2.08. The van der Waals surface area contributed by atoms with Gasteiger partial charge in [0, 0.05) is 13.8 Å². The number of hydrogen-bond acceptors (Lipinski definition) is 2. The molecule has 0 aromatic heterocycles. The maximum atomic E-state index is 9.68. The fourth-order valence-corrected chi connectivity index (χ4v) is 0.413. The molecule has 0 aliphatic rings. The lowest BCUT2D eigenvalue weighted by molar-refractivity contribution is -0.128. The molecule has 0 atom stereocenters. The average Bonchev–Trinajstić information content (AvgIpc) is 1.89. The summed E-state index contributed by atoms with van der Waals surface area (Å²) >= 11 is 0. The SMILES string of the molecule is [C-]#[N+]C(C)(C)CCOC=O. The van der Waals surface area contributed by atoms with Gasteiger partial charge in [0.05, 0.1) is 13.0 Å². The van der Waals surface area contributed by atoms with Crippen molar-refractivity contribution in [2.45, 2.75) is 25.8 Å². The normalized spacial score (nSPS) is 10.1. The lowest BCUT2D eigenvalue weighted by Crippen LogP contribution is -2.16. The molecule has 0 aliphatic carbocycles. The topological polar surface area (TPSA) is 30.7 Å². The Bertz CT molecular complexity index is 146. The third-order valence-electron chi connectivity index (χ3n) is 1.20. The van der Waals surface area contributed by atoms with Gasteiger partial charge in [-0.2, -0.15) is 0 Å². The van der Waals surface area contributed by atoms with Crippen LogP contribution in [0.2, 0.25) is 0 Å². The molecular formula is C7H11NO2. The van der Waals surface area contributed by atoms with Crippen LogP contribution in [0.25, 0.3) is 4.85 Å². The van der Waals surface area contributed by atoms with Gasteiger partial charge in [-0.05, 0) is 0 Å². The summed E-state index contributed by atoms with van der Waals surface area (Å²) in [4.78, 5) is 13.0. The van der Waals surface area contributed by atoms with E-state index in [1.54, 1.807) is 0 Å². The Morgan fingerprint density at radius 1 is 1.70 bits per heavy atom. The van der Waals surface area contributed by atoms with E-state index in [1.165, 1.54) is 0 Å². The maximum Gasteiger partial charge on any atom is 0.293 e. The number of rotatable bonds is 4. The van der Waals surface area contributed by atoms with Crippen LogP contribution in [-0.2, 0) is 9.53 Å². The van der Waals surface area contributed by atoms with Gasteiger partial charge >= 0.3 is 0 Å². The minimum Gasteiger partial charge on any atom is -0.468 e. The Balaban J connectivity index is 3.49. The van der Waals surface area contributed by atoms with Gasteiger partial charge in [0.25, 0.3) is 6.47 Å². The molecule has 0 N–H and O–H groups in total. The molecule has 0 heterocycles. The molecule has 56 valence electrons. The van der Waals surface area contributed by atoms with Crippen molar-refractivity contribution in [3.8, 4) is 0 Å². The second kappa shape index (κ2) is 3.89. The van der Waals surface area contributed by atoms with Gasteiger partial charge in [-0.15, -0.1) is 0 Å². The highest BCUT2D eigenvalue weighted by atomic mass is 16.5. The molecule has 0 aromatic carbocycles. The maximum absolute atomic E-state index is 9.68. The Kier molecular flexibility index (Phi) is 3.48. The third-order valence-corrected chi connectivity index (χ3v) is 1.20. The van der Waals surface area contributed by atoms with E-state index < -0.39 is 5.54 Å². The molecule has 3 nitrogen and oxygen atoms in total. The lowest BCUT2D eigenvalue weighted by atomic mass is 10.0. The van der Waals surface area contributed by atoms with Crippen LogP contribution in [0.15, 0.2) is 0 Å². The number of hydrogen-bond donors (Lipinski definition) is 0. The van der Waals surface area contributed by atoms with E-state index in [4.69, 9.17) is 6.57 Å². The van der Waals surface area contributed by atoms with Crippen LogP contribution in [0.3, 0.4) is 0 Å². The molecule has 10 heavy (non-hydrogen) atoms. The van der Waals surface area contributed by atoms with Gasteiger partial charge < -0.3 is 9.58 Å². The monoisotopic (exact) mass is 141 g/mol. The van der Waals surface area contributed by atoms with E-state index >= 15 is 0 Å². The summed E-state index contributed by atoms with van der Waals surface area (Å²) in [5.41, 5.74) is -0.400.